The van der Waals surface area contributed by atoms with Crippen molar-refractivity contribution in [2.45, 2.75) is 39.9 Å². The van der Waals surface area contributed by atoms with Crippen LogP contribution >= 0.6 is 11.3 Å². The van der Waals surface area contributed by atoms with E-state index >= 15 is 0 Å². The fraction of sp³-hybridized carbons (Fsp3) is 0.538. The molecule has 0 atom stereocenters. The highest BCUT2D eigenvalue weighted by Crippen LogP contribution is 2.12. The number of nitrogens with zero attached hydrogens (tertiary/aromatic N) is 5. The number of rotatable bonds is 6. The summed E-state index contributed by atoms with van der Waals surface area (Å²) >= 11 is 1.72. The van der Waals surface area contributed by atoms with Crippen molar-refractivity contribution in [3.63, 3.8) is 0 Å². The van der Waals surface area contributed by atoms with E-state index in [1.54, 1.807) is 24.7 Å². The molecule has 0 unspecified atom stereocenters. The summed E-state index contributed by atoms with van der Waals surface area (Å²) in [6, 6.07) is 0. The summed E-state index contributed by atoms with van der Waals surface area (Å²) in [5.41, 5.74) is 0. The van der Waals surface area contributed by atoms with Gasteiger partial charge in [-0.3, -0.25) is 4.99 Å². The van der Waals surface area contributed by atoms with Crippen molar-refractivity contribution in [1.82, 2.24) is 30.4 Å². The van der Waals surface area contributed by atoms with Crippen molar-refractivity contribution < 1.29 is 0 Å². The van der Waals surface area contributed by atoms with Crippen LogP contribution in [0.15, 0.2) is 17.5 Å². The fourth-order valence-electron chi connectivity index (χ4n) is 1.82. The Balaban J connectivity index is 1.83. The maximum Gasteiger partial charge on any atom is 0.191 e. The van der Waals surface area contributed by atoms with Crippen LogP contribution in [0.5, 0.6) is 0 Å². The molecule has 2 aromatic rings. The quantitative estimate of drug-likeness (QED) is 0.619. The average molecular weight is 307 g/mol. The summed E-state index contributed by atoms with van der Waals surface area (Å²) in [6.07, 6.45) is 4.69. The van der Waals surface area contributed by atoms with Crippen LogP contribution in [-0.4, -0.2) is 32.8 Å². The van der Waals surface area contributed by atoms with Gasteiger partial charge in [-0.05, 0) is 13.3 Å². The molecule has 0 aromatic carbocycles. The average Bonchev–Trinajstić information content (AvgIpc) is 3.15. The van der Waals surface area contributed by atoms with Gasteiger partial charge in [-0.2, -0.15) is 0 Å². The Morgan fingerprint density at radius 2 is 2.14 bits per heavy atom. The number of aliphatic imine (C=N–C) groups is 1. The molecule has 0 bridgehead atoms. The molecule has 7 nitrogen and oxygen atoms in total. The number of nitrogens with one attached hydrogen (secondary N) is 2. The van der Waals surface area contributed by atoms with E-state index in [1.807, 2.05) is 10.8 Å². The molecule has 2 rings (SSSR count). The van der Waals surface area contributed by atoms with Gasteiger partial charge in [0.05, 0.1) is 13.1 Å². The van der Waals surface area contributed by atoms with Crippen molar-refractivity contribution >= 4 is 17.3 Å². The van der Waals surface area contributed by atoms with Gasteiger partial charge < -0.3 is 15.2 Å². The van der Waals surface area contributed by atoms with Gasteiger partial charge in [-0.15, -0.1) is 21.5 Å². The minimum atomic E-state index is 0.589. The van der Waals surface area contributed by atoms with Gasteiger partial charge in [0, 0.05) is 24.7 Å². The van der Waals surface area contributed by atoms with Gasteiger partial charge in [0.1, 0.15) is 11.3 Å². The van der Waals surface area contributed by atoms with Crippen LogP contribution in [0.2, 0.25) is 0 Å². The third-order valence-corrected chi connectivity index (χ3v) is 4.17. The molecule has 0 saturated heterocycles. The monoisotopic (exact) mass is 307 g/mol. The van der Waals surface area contributed by atoms with Gasteiger partial charge in [-0.25, -0.2) is 4.98 Å². The Morgan fingerprint density at radius 3 is 2.81 bits per heavy atom. The standard InChI is InChI=1S/C13H21N7S/c1-4-10-6-15-12(21-10)8-17-13(14-3)16-7-11-19-18-9-20(11)5-2/h6,9H,4-5,7-8H2,1-3H3,(H2,14,16,17). The zero-order chi connectivity index (χ0) is 15.1. The molecule has 0 fully saturated rings. The fourth-order valence-corrected chi connectivity index (χ4v) is 2.62. The third kappa shape index (κ3) is 4.25. The lowest BCUT2D eigenvalue weighted by Gasteiger charge is -2.10. The maximum atomic E-state index is 4.38. The molecule has 0 aliphatic carbocycles. The Bertz CT molecular complexity index is 587. The third-order valence-electron chi connectivity index (χ3n) is 3.03. The van der Waals surface area contributed by atoms with Crippen LogP contribution in [0.4, 0.5) is 0 Å². The number of hydrogen-bond acceptors (Lipinski definition) is 5. The number of aromatic nitrogens is 4. The first-order valence-corrected chi connectivity index (χ1v) is 7.83. The van der Waals surface area contributed by atoms with Crippen LogP contribution in [0.3, 0.4) is 0 Å². The van der Waals surface area contributed by atoms with E-state index in [9.17, 15) is 0 Å². The predicted molar refractivity (Wildman–Crippen MR) is 84.2 cm³/mol. The van der Waals surface area contributed by atoms with Crippen molar-refractivity contribution in [2.24, 2.45) is 4.99 Å². The largest absolute Gasteiger partial charge is 0.350 e. The summed E-state index contributed by atoms with van der Waals surface area (Å²) in [6.45, 7) is 6.31. The first kappa shape index (κ1) is 15.4. The molecule has 0 amide bonds. The van der Waals surface area contributed by atoms with Gasteiger partial charge in [0.25, 0.3) is 0 Å². The minimum Gasteiger partial charge on any atom is -0.350 e. The highest BCUT2D eigenvalue weighted by atomic mass is 32.1. The maximum absolute atomic E-state index is 4.38. The topological polar surface area (TPSA) is 80.0 Å². The molecule has 2 N–H and O–H groups in total. The molecular formula is C13H21N7S. The molecule has 0 aliphatic rings. The highest BCUT2D eigenvalue weighted by molar-refractivity contribution is 7.11. The van der Waals surface area contributed by atoms with Crippen molar-refractivity contribution in [2.75, 3.05) is 7.05 Å². The Morgan fingerprint density at radius 1 is 1.33 bits per heavy atom. The second kappa shape index (κ2) is 7.72. The molecule has 0 radical (unpaired) electrons. The minimum absolute atomic E-state index is 0.589. The van der Waals surface area contributed by atoms with E-state index in [0.717, 1.165) is 29.8 Å². The Hall–Kier alpha value is -1.96. The van der Waals surface area contributed by atoms with Crippen molar-refractivity contribution in [3.05, 3.63) is 28.2 Å². The number of thiazole rings is 1. The van der Waals surface area contributed by atoms with E-state index in [-0.39, 0.29) is 0 Å². The summed E-state index contributed by atoms with van der Waals surface area (Å²) in [7, 11) is 1.75. The number of guanidine groups is 1. The Labute approximate surface area is 128 Å². The lowest BCUT2D eigenvalue weighted by Crippen LogP contribution is -2.36. The van der Waals surface area contributed by atoms with Crippen LogP contribution in [-0.2, 0) is 26.1 Å². The first-order valence-electron chi connectivity index (χ1n) is 7.01. The summed E-state index contributed by atoms with van der Waals surface area (Å²) in [5.74, 6) is 1.62. The lowest BCUT2D eigenvalue weighted by molar-refractivity contribution is 0.669. The zero-order valence-corrected chi connectivity index (χ0v) is 13.4. The predicted octanol–water partition coefficient (Wildman–Crippen LogP) is 1.18. The van der Waals surface area contributed by atoms with Gasteiger partial charge in [-0.1, -0.05) is 6.92 Å². The summed E-state index contributed by atoms with van der Waals surface area (Å²) in [4.78, 5) is 9.87. The lowest BCUT2D eigenvalue weighted by atomic mass is 10.4. The molecule has 114 valence electrons. The van der Waals surface area contributed by atoms with E-state index in [0.29, 0.717) is 13.1 Å². The second-order valence-electron chi connectivity index (χ2n) is 4.39. The molecule has 21 heavy (non-hydrogen) atoms. The van der Waals surface area contributed by atoms with Crippen LogP contribution in [0.25, 0.3) is 0 Å². The van der Waals surface area contributed by atoms with E-state index in [2.05, 4.69) is 44.7 Å². The van der Waals surface area contributed by atoms with Gasteiger partial charge in [0.15, 0.2) is 11.8 Å². The van der Waals surface area contributed by atoms with E-state index in [1.165, 1.54) is 4.88 Å². The molecule has 2 aromatic heterocycles. The second-order valence-corrected chi connectivity index (χ2v) is 5.59. The van der Waals surface area contributed by atoms with Gasteiger partial charge >= 0.3 is 0 Å². The van der Waals surface area contributed by atoms with Crippen molar-refractivity contribution in [3.8, 4) is 0 Å². The van der Waals surface area contributed by atoms with Crippen LogP contribution < -0.4 is 10.6 Å². The molecule has 0 aliphatic heterocycles. The highest BCUT2D eigenvalue weighted by Gasteiger charge is 2.05. The molecule has 8 heteroatoms. The van der Waals surface area contributed by atoms with Gasteiger partial charge in [0.2, 0.25) is 0 Å². The number of hydrogen-bond donors (Lipinski definition) is 2. The Kier molecular flexibility index (Phi) is 5.68. The smallest absolute Gasteiger partial charge is 0.191 e. The normalized spacial score (nSPS) is 11.7. The molecule has 2 heterocycles. The summed E-state index contributed by atoms with van der Waals surface area (Å²) < 4.78 is 1.99. The first-order chi connectivity index (χ1) is 10.3. The number of aryl methyl sites for hydroxylation is 2. The van der Waals surface area contributed by atoms with Crippen molar-refractivity contribution in [1.29, 1.82) is 0 Å². The molecular weight excluding hydrogens is 286 g/mol. The van der Waals surface area contributed by atoms with Crippen LogP contribution in [0, 0.1) is 0 Å². The molecule has 0 saturated carbocycles. The summed E-state index contributed by atoms with van der Waals surface area (Å²) in [5, 5.41) is 15.5. The zero-order valence-electron chi connectivity index (χ0n) is 12.6. The van der Waals surface area contributed by atoms with E-state index in [4.69, 9.17) is 0 Å². The SMILES string of the molecule is CCc1cnc(CNC(=NC)NCc2nncn2CC)s1. The van der Waals surface area contributed by atoms with E-state index < -0.39 is 0 Å². The van der Waals surface area contributed by atoms with Crippen LogP contribution in [0.1, 0.15) is 29.6 Å². The molecule has 0 spiro atoms.